The number of benzene rings is 2. The van der Waals surface area contributed by atoms with Gasteiger partial charge < -0.3 is 14.8 Å². The van der Waals surface area contributed by atoms with Gasteiger partial charge in [0.25, 0.3) is 5.91 Å². The molecule has 1 aliphatic heterocycles. The number of para-hydroxylation sites is 1. The van der Waals surface area contributed by atoms with Crippen LogP contribution in [0, 0.1) is 6.92 Å². The molecule has 0 fully saturated rings. The van der Waals surface area contributed by atoms with Gasteiger partial charge in [-0.25, -0.2) is 17.5 Å². The number of anilines is 1. The highest BCUT2D eigenvalue weighted by atomic mass is 32.2. The van der Waals surface area contributed by atoms with Gasteiger partial charge >= 0.3 is 5.97 Å². The molecular weight excluding hydrogens is 432 g/mol. The van der Waals surface area contributed by atoms with E-state index in [2.05, 4.69) is 5.32 Å². The maximum Gasteiger partial charge on any atom is 0.342 e. The Morgan fingerprint density at radius 3 is 2.50 bits per heavy atom. The topological polar surface area (TPSA) is 102 Å². The molecule has 0 aliphatic carbocycles. The first-order valence-corrected chi connectivity index (χ1v) is 11.7. The van der Waals surface area contributed by atoms with E-state index in [1.807, 2.05) is 19.9 Å². The summed E-state index contributed by atoms with van der Waals surface area (Å²) >= 11 is 0. The number of nitrogens with one attached hydrogen (secondary N) is 1. The third-order valence-corrected chi connectivity index (χ3v) is 7.47. The lowest BCUT2D eigenvalue weighted by Crippen LogP contribution is -2.30. The summed E-state index contributed by atoms with van der Waals surface area (Å²) in [5.41, 5.74) is 2.20. The molecule has 0 radical (unpaired) electrons. The van der Waals surface area contributed by atoms with Gasteiger partial charge in [-0.2, -0.15) is 0 Å². The number of fused-ring (bicyclic) bond motifs is 1. The zero-order valence-corrected chi connectivity index (χ0v) is 19.8. The molecule has 172 valence electrons. The van der Waals surface area contributed by atoms with Crippen LogP contribution < -0.4 is 10.1 Å². The number of rotatable bonds is 6. The van der Waals surface area contributed by atoms with E-state index in [0.29, 0.717) is 17.0 Å². The summed E-state index contributed by atoms with van der Waals surface area (Å²) in [6, 6.07) is 9.75. The molecule has 1 N–H and O–H groups in total. The van der Waals surface area contributed by atoms with Crippen LogP contribution >= 0.6 is 0 Å². The van der Waals surface area contributed by atoms with E-state index in [1.54, 1.807) is 25.1 Å². The van der Waals surface area contributed by atoms with E-state index in [9.17, 15) is 18.0 Å². The van der Waals surface area contributed by atoms with Gasteiger partial charge in [0.2, 0.25) is 10.0 Å². The average Bonchev–Trinajstić information content (AvgIpc) is 3.03. The van der Waals surface area contributed by atoms with E-state index < -0.39 is 28.0 Å². The fourth-order valence-corrected chi connectivity index (χ4v) is 4.29. The van der Waals surface area contributed by atoms with Gasteiger partial charge in [-0.3, -0.25) is 4.79 Å². The third kappa shape index (κ3) is 4.49. The van der Waals surface area contributed by atoms with Gasteiger partial charge in [-0.05, 0) is 44.5 Å². The first kappa shape index (κ1) is 23.7. The molecule has 8 nitrogen and oxygen atoms in total. The van der Waals surface area contributed by atoms with E-state index in [-0.39, 0.29) is 22.5 Å². The summed E-state index contributed by atoms with van der Waals surface area (Å²) in [7, 11) is -0.797. The molecule has 0 bridgehead atoms. The maximum atomic E-state index is 12.7. The second kappa shape index (κ2) is 8.91. The lowest BCUT2D eigenvalue weighted by molar-refractivity contribution is -0.123. The number of sulfonamides is 1. The molecule has 3 atom stereocenters. The minimum atomic E-state index is -3.66. The van der Waals surface area contributed by atoms with Crippen LogP contribution in [-0.4, -0.2) is 50.9 Å². The zero-order chi connectivity index (χ0) is 23.8. The molecule has 3 rings (SSSR count). The van der Waals surface area contributed by atoms with Crippen molar-refractivity contribution < 1.29 is 27.5 Å². The minimum absolute atomic E-state index is 0.0493. The number of carbonyl (C=O) groups is 2. The zero-order valence-electron chi connectivity index (χ0n) is 19.0. The van der Waals surface area contributed by atoms with Crippen LogP contribution in [0.1, 0.15) is 48.2 Å². The summed E-state index contributed by atoms with van der Waals surface area (Å²) in [4.78, 5) is 25.5. The predicted molar refractivity (Wildman–Crippen MR) is 121 cm³/mol. The number of hydrogen-bond acceptors (Lipinski definition) is 6. The van der Waals surface area contributed by atoms with Crippen LogP contribution in [0.2, 0.25) is 0 Å². The summed E-state index contributed by atoms with van der Waals surface area (Å²) in [5.74, 6) is -0.600. The van der Waals surface area contributed by atoms with Crippen molar-refractivity contribution in [1.82, 2.24) is 4.31 Å². The Hall–Kier alpha value is -2.91. The highest BCUT2D eigenvalue weighted by Gasteiger charge is 2.32. The highest BCUT2D eigenvalue weighted by Crippen LogP contribution is 2.40. The summed E-state index contributed by atoms with van der Waals surface area (Å²) in [6.45, 7) is 7.15. The van der Waals surface area contributed by atoms with E-state index in [4.69, 9.17) is 9.47 Å². The molecule has 0 saturated heterocycles. The number of aryl methyl sites for hydroxylation is 1. The predicted octanol–water partition coefficient (Wildman–Crippen LogP) is 3.31. The molecule has 0 unspecified atom stereocenters. The van der Waals surface area contributed by atoms with E-state index in [1.165, 1.54) is 33.2 Å². The molecule has 1 heterocycles. The Kier molecular flexibility index (Phi) is 6.61. The van der Waals surface area contributed by atoms with Crippen LogP contribution in [0.4, 0.5) is 5.69 Å². The maximum absolute atomic E-state index is 12.7. The van der Waals surface area contributed by atoms with Crippen LogP contribution in [0.5, 0.6) is 5.75 Å². The Morgan fingerprint density at radius 2 is 1.84 bits per heavy atom. The fourth-order valence-electron chi connectivity index (χ4n) is 3.37. The second-order valence-electron chi connectivity index (χ2n) is 8.14. The summed E-state index contributed by atoms with van der Waals surface area (Å²) < 4.78 is 37.1. The van der Waals surface area contributed by atoms with Crippen molar-refractivity contribution in [2.75, 3.05) is 19.4 Å². The SMILES string of the molecule is Cc1ccc(S(=O)(=O)N(C)C)cc1NC(=O)[C@H](C)OC(=O)c1cccc2c1O[C@H](C)[C@@H]2C. The quantitative estimate of drug-likeness (QED) is 0.664. The standard InChI is InChI=1S/C23H28N2O6S/c1-13-10-11-17(32(28,29)25(5)6)12-20(13)24-22(26)16(4)31-23(27)19-9-7-8-18-14(2)15(3)30-21(18)19/h7-12,14-16H,1-6H3,(H,24,26)/t14-,15+,16-/m0/s1. The average molecular weight is 461 g/mol. The van der Waals surface area contributed by atoms with Gasteiger partial charge in [-0.15, -0.1) is 0 Å². The van der Waals surface area contributed by atoms with Gasteiger partial charge in [0.05, 0.1) is 4.90 Å². The highest BCUT2D eigenvalue weighted by molar-refractivity contribution is 7.89. The van der Waals surface area contributed by atoms with Crippen LogP contribution in [-0.2, 0) is 19.6 Å². The van der Waals surface area contributed by atoms with Crippen LogP contribution in [0.15, 0.2) is 41.3 Å². The first-order chi connectivity index (χ1) is 14.9. The fraction of sp³-hybridized carbons (Fsp3) is 0.391. The van der Waals surface area contributed by atoms with E-state index >= 15 is 0 Å². The van der Waals surface area contributed by atoms with Crippen molar-refractivity contribution in [3.05, 3.63) is 53.1 Å². The van der Waals surface area contributed by atoms with Crippen molar-refractivity contribution >= 4 is 27.6 Å². The molecule has 1 amide bonds. The van der Waals surface area contributed by atoms with Crippen molar-refractivity contribution in [2.24, 2.45) is 0 Å². The van der Waals surface area contributed by atoms with E-state index in [0.717, 1.165) is 9.87 Å². The third-order valence-electron chi connectivity index (χ3n) is 5.66. The van der Waals surface area contributed by atoms with Gasteiger partial charge in [-0.1, -0.05) is 25.1 Å². The van der Waals surface area contributed by atoms with Crippen molar-refractivity contribution in [3.8, 4) is 5.75 Å². The van der Waals surface area contributed by atoms with Crippen molar-refractivity contribution in [2.45, 2.75) is 50.7 Å². The van der Waals surface area contributed by atoms with Gasteiger partial charge in [0.15, 0.2) is 6.10 Å². The number of ether oxygens (including phenoxy) is 2. The lowest BCUT2D eigenvalue weighted by atomic mass is 9.97. The normalized spacial score (nSPS) is 18.6. The van der Waals surface area contributed by atoms with Crippen LogP contribution in [0.3, 0.4) is 0 Å². The number of amides is 1. The molecule has 2 aromatic carbocycles. The molecular formula is C23H28N2O6S. The number of esters is 1. The Morgan fingerprint density at radius 1 is 1.16 bits per heavy atom. The smallest absolute Gasteiger partial charge is 0.342 e. The monoisotopic (exact) mass is 460 g/mol. The Labute approximate surface area is 188 Å². The Bertz CT molecular complexity index is 1160. The summed E-state index contributed by atoms with van der Waals surface area (Å²) in [6.07, 6.45) is -1.17. The largest absolute Gasteiger partial charge is 0.489 e. The first-order valence-electron chi connectivity index (χ1n) is 10.3. The summed E-state index contributed by atoms with van der Waals surface area (Å²) in [5, 5.41) is 2.65. The molecule has 1 aliphatic rings. The minimum Gasteiger partial charge on any atom is -0.489 e. The molecule has 32 heavy (non-hydrogen) atoms. The molecule has 2 aromatic rings. The Balaban J connectivity index is 1.75. The molecule has 0 aromatic heterocycles. The number of hydrogen-bond donors (Lipinski definition) is 1. The van der Waals surface area contributed by atoms with Crippen molar-refractivity contribution in [1.29, 1.82) is 0 Å². The molecule has 0 spiro atoms. The lowest BCUT2D eigenvalue weighted by Gasteiger charge is -2.17. The number of nitrogens with zero attached hydrogens (tertiary/aromatic N) is 1. The van der Waals surface area contributed by atoms with Gasteiger partial charge in [0.1, 0.15) is 17.4 Å². The van der Waals surface area contributed by atoms with Gasteiger partial charge in [0, 0.05) is 31.3 Å². The second-order valence-corrected chi connectivity index (χ2v) is 10.3. The van der Waals surface area contributed by atoms with Crippen LogP contribution in [0.25, 0.3) is 0 Å². The van der Waals surface area contributed by atoms with Crippen molar-refractivity contribution in [3.63, 3.8) is 0 Å². The number of carbonyl (C=O) groups excluding carboxylic acids is 2. The molecule has 9 heteroatoms. The molecule has 0 saturated carbocycles.